The lowest BCUT2D eigenvalue weighted by Crippen LogP contribution is -2.47. The van der Waals surface area contributed by atoms with Crippen LogP contribution in [0.25, 0.3) is 0 Å². The van der Waals surface area contributed by atoms with Crippen LogP contribution in [0.2, 0.25) is 0 Å². The summed E-state index contributed by atoms with van der Waals surface area (Å²) in [6, 6.07) is 16.4. The Balaban J connectivity index is 1.21. The molecular formula is C23H29N3O3. The van der Waals surface area contributed by atoms with Gasteiger partial charge in [0.2, 0.25) is 5.91 Å². The number of carbonyl (C=O) groups excluding carboxylic acids is 1. The second-order valence-electron chi connectivity index (χ2n) is 7.92. The zero-order valence-electron chi connectivity index (χ0n) is 16.7. The molecule has 0 aromatic heterocycles. The van der Waals surface area contributed by atoms with Gasteiger partial charge in [0.15, 0.2) is 0 Å². The summed E-state index contributed by atoms with van der Waals surface area (Å²) < 4.78 is 5.79. The number of nitrogens with one attached hydrogen (secondary N) is 1. The van der Waals surface area contributed by atoms with Crippen LogP contribution in [0.5, 0.6) is 5.75 Å². The number of piperazine rings is 1. The Hall–Kier alpha value is -2.41. The smallest absolute Gasteiger partial charge is 0.234 e. The minimum absolute atomic E-state index is 0.0855. The maximum atomic E-state index is 11.5. The number of hydrogen-bond acceptors (Lipinski definition) is 5. The summed E-state index contributed by atoms with van der Waals surface area (Å²) in [6.45, 7) is 5.54. The molecule has 1 amide bonds. The largest absolute Gasteiger partial charge is 0.491 e. The van der Waals surface area contributed by atoms with E-state index < -0.39 is 6.10 Å². The van der Waals surface area contributed by atoms with Gasteiger partial charge in [0.25, 0.3) is 0 Å². The lowest BCUT2D eigenvalue weighted by atomic mass is 10.00. The zero-order valence-corrected chi connectivity index (χ0v) is 16.7. The van der Waals surface area contributed by atoms with E-state index in [-0.39, 0.29) is 12.5 Å². The summed E-state index contributed by atoms with van der Waals surface area (Å²) >= 11 is 0. The highest BCUT2D eigenvalue weighted by molar-refractivity contribution is 5.78. The molecule has 2 aliphatic rings. The molecule has 0 spiro atoms. The van der Waals surface area contributed by atoms with Crippen molar-refractivity contribution in [3.63, 3.8) is 0 Å². The molecule has 29 heavy (non-hydrogen) atoms. The van der Waals surface area contributed by atoms with Gasteiger partial charge in [0.1, 0.15) is 18.5 Å². The summed E-state index contributed by atoms with van der Waals surface area (Å²) in [5.41, 5.74) is 3.92. The average Bonchev–Trinajstić information content (AvgIpc) is 2.73. The van der Waals surface area contributed by atoms with Gasteiger partial charge < -0.3 is 15.2 Å². The molecule has 1 atom stereocenters. The molecule has 1 unspecified atom stereocenters. The highest BCUT2D eigenvalue weighted by atomic mass is 16.5. The van der Waals surface area contributed by atoms with Gasteiger partial charge in [0, 0.05) is 39.3 Å². The lowest BCUT2D eigenvalue weighted by Gasteiger charge is -2.30. The SMILES string of the molecule is O=C1CN(Cc2ccc(OCC(O)CN3CCc4ccccc4C3)cc2)CCN1. The van der Waals surface area contributed by atoms with Crippen molar-refractivity contribution in [1.82, 2.24) is 15.1 Å². The first-order chi connectivity index (χ1) is 14.2. The molecule has 6 heteroatoms. The Kier molecular flexibility index (Phi) is 6.44. The van der Waals surface area contributed by atoms with Crippen LogP contribution in [-0.2, 0) is 24.3 Å². The van der Waals surface area contributed by atoms with E-state index in [0.717, 1.165) is 43.9 Å². The third-order valence-corrected chi connectivity index (χ3v) is 5.57. The predicted octanol–water partition coefficient (Wildman–Crippen LogP) is 1.42. The Labute approximate surface area is 172 Å². The monoisotopic (exact) mass is 395 g/mol. The summed E-state index contributed by atoms with van der Waals surface area (Å²) in [5, 5.41) is 13.2. The van der Waals surface area contributed by atoms with E-state index in [2.05, 4.69) is 39.4 Å². The van der Waals surface area contributed by atoms with Gasteiger partial charge in [0.05, 0.1) is 6.54 Å². The number of amides is 1. The molecule has 154 valence electrons. The van der Waals surface area contributed by atoms with E-state index in [9.17, 15) is 9.90 Å². The lowest BCUT2D eigenvalue weighted by molar-refractivity contribution is -0.124. The normalized spacial score (nSPS) is 18.7. The van der Waals surface area contributed by atoms with Crippen molar-refractivity contribution in [3.05, 3.63) is 65.2 Å². The number of aliphatic hydroxyl groups is 1. The molecule has 1 fully saturated rings. The van der Waals surface area contributed by atoms with Crippen LogP contribution in [0.15, 0.2) is 48.5 Å². The standard InChI is InChI=1S/C23H29N3O3/c27-21(15-25-11-9-19-3-1-2-4-20(19)14-25)17-29-22-7-5-18(6-8-22)13-26-12-10-24-23(28)16-26/h1-8,21,27H,9-17H2,(H,24,28). The van der Waals surface area contributed by atoms with Crippen LogP contribution in [0.3, 0.4) is 0 Å². The van der Waals surface area contributed by atoms with Crippen LogP contribution in [0.1, 0.15) is 16.7 Å². The van der Waals surface area contributed by atoms with E-state index in [1.54, 1.807) is 0 Å². The third kappa shape index (κ3) is 5.56. The molecule has 4 rings (SSSR count). The van der Waals surface area contributed by atoms with Gasteiger partial charge in [-0.2, -0.15) is 0 Å². The maximum absolute atomic E-state index is 11.5. The second kappa shape index (κ2) is 9.39. The first-order valence-electron chi connectivity index (χ1n) is 10.3. The number of aliphatic hydroxyl groups excluding tert-OH is 1. The zero-order chi connectivity index (χ0) is 20.1. The van der Waals surface area contributed by atoms with Crippen molar-refractivity contribution in [2.45, 2.75) is 25.6 Å². The average molecular weight is 396 g/mol. The number of fused-ring (bicyclic) bond motifs is 1. The molecule has 0 aliphatic carbocycles. The molecule has 2 heterocycles. The Morgan fingerprint density at radius 2 is 1.79 bits per heavy atom. The summed E-state index contributed by atoms with van der Waals surface area (Å²) in [5.74, 6) is 0.843. The molecule has 0 radical (unpaired) electrons. The van der Waals surface area contributed by atoms with Crippen molar-refractivity contribution in [2.75, 3.05) is 39.3 Å². The van der Waals surface area contributed by atoms with E-state index in [1.807, 2.05) is 24.3 Å². The first-order valence-corrected chi connectivity index (χ1v) is 10.3. The predicted molar refractivity (Wildman–Crippen MR) is 112 cm³/mol. The summed E-state index contributed by atoms with van der Waals surface area (Å²) in [4.78, 5) is 15.9. The number of benzene rings is 2. The van der Waals surface area contributed by atoms with Crippen molar-refractivity contribution in [3.8, 4) is 5.75 Å². The Morgan fingerprint density at radius 3 is 2.59 bits per heavy atom. The van der Waals surface area contributed by atoms with E-state index in [1.165, 1.54) is 11.1 Å². The molecule has 0 saturated carbocycles. The fourth-order valence-corrected chi connectivity index (χ4v) is 4.03. The highest BCUT2D eigenvalue weighted by Gasteiger charge is 2.19. The van der Waals surface area contributed by atoms with E-state index >= 15 is 0 Å². The minimum Gasteiger partial charge on any atom is -0.491 e. The molecule has 1 saturated heterocycles. The minimum atomic E-state index is -0.521. The van der Waals surface area contributed by atoms with Gasteiger partial charge in [-0.05, 0) is 35.2 Å². The molecule has 2 aromatic carbocycles. The van der Waals surface area contributed by atoms with Gasteiger partial charge in [-0.25, -0.2) is 0 Å². The molecule has 0 bridgehead atoms. The fraction of sp³-hybridized carbons (Fsp3) is 0.435. The Morgan fingerprint density at radius 1 is 1.00 bits per heavy atom. The van der Waals surface area contributed by atoms with Crippen molar-refractivity contribution < 1.29 is 14.6 Å². The van der Waals surface area contributed by atoms with Crippen LogP contribution < -0.4 is 10.1 Å². The number of hydrogen-bond donors (Lipinski definition) is 2. The molecule has 2 N–H and O–H groups in total. The van der Waals surface area contributed by atoms with Gasteiger partial charge in [-0.1, -0.05) is 36.4 Å². The van der Waals surface area contributed by atoms with Crippen molar-refractivity contribution in [2.24, 2.45) is 0 Å². The summed E-state index contributed by atoms with van der Waals surface area (Å²) in [6.07, 6.45) is 0.510. The number of nitrogens with zero attached hydrogens (tertiary/aromatic N) is 2. The van der Waals surface area contributed by atoms with Crippen LogP contribution >= 0.6 is 0 Å². The van der Waals surface area contributed by atoms with Gasteiger partial charge in [-0.15, -0.1) is 0 Å². The number of ether oxygens (including phenoxy) is 1. The maximum Gasteiger partial charge on any atom is 0.234 e. The quantitative estimate of drug-likeness (QED) is 0.742. The molecule has 6 nitrogen and oxygen atoms in total. The Bertz CT molecular complexity index is 824. The van der Waals surface area contributed by atoms with Gasteiger partial charge in [-0.3, -0.25) is 14.6 Å². The van der Waals surface area contributed by atoms with E-state index in [4.69, 9.17) is 4.74 Å². The number of β-amino-alcohol motifs (C(OH)–C–C–N with tert-alkyl or cyclic N) is 1. The molecule has 2 aliphatic heterocycles. The summed E-state index contributed by atoms with van der Waals surface area (Å²) in [7, 11) is 0. The van der Waals surface area contributed by atoms with Crippen LogP contribution in [0, 0.1) is 0 Å². The van der Waals surface area contributed by atoms with Crippen molar-refractivity contribution in [1.29, 1.82) is 0 Å². The molecule has 2 aromatic rings. The second-order valence-corrected chi connectivity index (χ2v) is 7.92. The number of carbonyl (C=O) groups is 1. The third-order valence-electron chi connectivity index (χ3n) is 5.57. The van der Waals surface area contributed by atoms with Crippen LogP contribution in [-0.4, -0.2) is 66.2 Å². The number of rotatable bonds is 7. The van der Waals surface area contributed by atoms with Crippen LogP contribution in [0.4, 0.5) is 0 Å². The fourth-order valence-electron chi connectivity index (χ4n) is 4.03. The first kappa shape index (κ1) is 19.9. The van der Waals surface area contributed by atoms with Crippen molar-refractivity contribution >= 4 is 5.91 Å². The molecular weight excluding hydrogens is 366 g/mol. The highest BCUT2D eigenvalue weighted by Crippen LogP contribution is 2.19. The van der Waals surface area contributed by atoms with E-state index in [0.29, 0.717) is 19.6 Å². The van der Waals surface area contributed by atoms with Gasteiger partial charge >= 0.3 is 0 Å². The topological polar surface area (TPSA) is 65.0 Å².